The van der Waals surface area contributed by atoms with Crippen molar-refractivity contribution in [2.24, 2.45) is 0 Å². The van der Waals surface area contributed by atoms with Gasteiger partial charge in [0, 0.05) is 30.6 Å². The monoisotopic (exact) mass is 374 g/mol. The van der Waals surface area contributed by atoms with E-state index < -0.39 is 0 Å². The SMILES string of the molecule is COc1ccc(Cl)cc1N(CCNC(=O)c1ccc(C)c(C)c1)C(C)=O. The number of halogens is 1. The number of nitrogens with zero attached hydrogens (tertiary/aromatic N) is 1. The normalized spacial score (nSPS) is 10.3. The first-order valence-electron chi connectivity index (χ1n) is 8.30. The predicted molar refractivity (Wildman–Crippen MR) is 104 cm³/mol. The Bertz CT molecular complexity index is 821. The molecule has 2 aromatic carbocycles. The van der Waals surface area contributed by atoms with Gasteiger partial charge in [-0.15, -0.1) is 0 Å². The highest BCUT2D eigenvalue weighted by molar-refractivity contribution is 6.31. The molecule has 1 N–H and O–H groups in total. The van der Waals surface area contributed by atoms with Gasteiger partial charge in [-0.1, -0.05) is 17.7 Å². The summed E-state index contributed by atoms with van der Waals surface area (Å²) in [4.78, 5) is 25.9. The molecule has 0 spiro atoms. The van der Waals surface area contributed by atoms with Crippen LogP contribution in [0.15, 0.2) is 36.4 Å². The third-order valence-electron chi connectivity index (χ3n) is 4.20. The van der Waals surface area contributed by atoms with Crippen LogP contribution in [0.25, 0.3) is 0 Å². The first-order chi connectivity index (χ1) is 12.3. The van der Waals surface area contributed by atoms with Crippen molar-refractivity contribution < 1.29 is 14.3 Å². The van der Waals surface area contributed by atoms with E-state index in [0.717, 1.165) is 11.1 Å². The maximum Gasteiger partial charge on any atom is 0.251 e. The lowest BCUT2D eigenvalue weighted by Crippen LogP contribution is -2.37. The average molecular weight is 375 g/mol. The molecule has 138 valence electrons. The van der Waals surface area contributed by atoms with Crippen molar-refractivity contribution in [3.63, 3.8) is 0 Å². The van der Waals surface area contributed by atoms with Gasteiger partial charge in [0.15, 0.2) is 0 Å². The van der Waals surface area contributed by atoms with Gasteiger partial charge in [0.05, 0.1) is 12.8 Å². The van der Waals surface area contributed by atoms with E-state index in [1.807, 2.05) is 26.0 Å². The summed E-state index contributed by atoms with van der Waals surface area (Å²) in [7, 11) is 1.53. The van der Waals surface area contributed by atoms with Crippen LogP contribution >= 0.6 is 11.6 Å². The highest BCUT2D eigenvalue weighted by Crippen LogP contribution is 2.31. The fourth-order valence-corrected chi connectivity index (χ4v) is 2.75. The molecule has 2 aromatic rings. The lowest BCUT2D eigenvalue weighted by molar-refractivity contribution is -0.116. The van der Waals surface area contributed by atoms with Crippen LogP contribution in [0.3, 0.4) is 0 Å². The second-order valence-corrected chi connectivity index (χ2v) is 6.48. The number of nitrogens with one attached hydrogen (secondary N) is 1. The Labute approximate surface area is 158 Å². The first-order valence-corrected chi connectivity index (χ1v) is 8.68. The van der Waals surface area contributed by atoms with Crippen molar-refractivity contribution >= 4 is 29.1 Å². The van der Waals surface area contributed by atoms with Crippen molar-refractivity contribution in [1.29, 1.82) is 0 Å². The fraction of sp³-hybridized carbons (Fsp3) is 0.300. The van der Waals surface area contributed by atoms with E-state index >= 15 is 0 Å². The smallest absolute Gasteiger partial charge is 0.251 e. The Kier molecular flexibility index (Phi) is 6.64. The molecule has 6 heteroatoms. The van der Waals surface area contributed by atoms with Gasteiger partial charge in [0.25, 0.3) is 5.91 Å². The van der Waals surface area contributed by atoms with E-state index in [2.05, 4.69) is 5.32 Å². The molecule has 26 heavy (non-hydrogen) atoms. The second-order valence-electron chi connectivity index (χ2n) is 6.04. The van der Waals surface area contributed by atoms with Gasteiger partial charge >= 0.3 is 0 Å². The van der Waals surface area contributed by atoms with Crippen LogP contribution in [0.2, 0.25) is 5.02 Å². The summed E-state index contributed by atoms with van der Waals surface area (Å²) < 4.78 is 5.31. The maximum atomic E-state index is 12.3. The van der Waals surface area contributed by atoms with Gasteiger partial charge < -0.3 is 15.0 Å². The van der Waals surface area contributed by atoms with Crippen molar-refractivity contribution in [3.05, 3.63) is 58.1 Å². The molecule has 2 rings (SSSR count). The molecule has 0 aliphatic carbocycles. The van der Waals surface area contributed by atoms with Crippen molar-refractivity contribution in [1.82, 2.24) is 5.32 Å². The first kappa shape index (κ1) is 19.8. The lowest BCUT2D eigenvalue weighted by atomic mass is 10.1. The summed E-state index contributed by atoms with van der Waals surface area (Å²) in [5.74, 6) is 0.214. The number of anilines is 1. The number of aryl methyl sites for hydroxylation is 2. The number of rotatable bonds is 6. The number of amides is 2. The van der Waals surface area contributed by atoms with Crippen LogP contribution in [-0.2, 0) is 4.79 Å². The summed E-state index contributed by atoms with van der Waals surface area (Å²) in [5.41, 5.74) is 3.37. The van der Waals surface area contributed by atoms with Crippen LogP contribution < -0.4 is 15.0 Å². The van der Waals surface area contributed by atoms with Crippen LogP contribution in [0.4, 0.5) is 5.69 Å². The maximum absolute atomic E-state index is 12.3. The molecule has 0 atom stereocenters. The molecule has 5 nitrogen and oxygen atoms in total. The Morgan fingerprint density at radius 2 is 1.85 bits per heavy atom. The van der Waals surface area contributed by atoms with E-state index in [-0.39, 0.29) is 11.8 Å². The molecule has 0 aliphatic rings. The Morgan fingerprint density at radius 1 is 1.12 bits per heavy atom. The number of hydrogen-bond donors (Lipinski definition) is 1. The van der Waals surface area contributed by atoms with Gasteiger partial charge in [0.1, 0.15) is 5.75 Å². The standard InChI is InChI=1S/C20H23ClN2O3/c1-13-5-6-16(11-14(13)2)20(25)22-9-10-23(15(3)24)18-12-17(21)7-8-19(18)26-4/h5-8,11-12H,9-10H2,1-4H3,(H,22,25). The number of carbonyl (C=O) groups excluding carboxylic acids is 2. The molecule has 0 bridgehead atoms. The van der Waals surface area contributed by atoms with Crippen LogP contribution in [0, 0.1) is 13.8 Å². The van der Waals surface area contributed by atoms with Crippen molar-refractivity contribution in [2.75, 3.05) is 25.1 Å². The third-order valence-corrected chi connectivity index (χ3v) is 4.44. The average Bonchev–Trinajstić information content (AvgIpc) is 2.60. The van der Waals surface area contributed by atoms with Gasteiger partial charge in [-0.25, -0.2) is 0 Å². The molecular weight excluding hydrogens is 352 g/mol. The third kappa shape index (κ3) is 4.76. The van der Waals surface area contributed by atoms with E-state index in [4.69, 9.17) is 16.3 Å². The summed E-state index contributed by atoms with van der Waals surface area (Å²) in [6.07, 6.45) is 0. The van der Waals surface area contributed by atoms with E-state index in [1.165, 1.54) is 18.9 Å². The number of carbonyl (C=O) groups is 2. The van der Waals surface area contributed by atoms with E-state index in [1.54, 1.807) is 24.3 Å². The number of hydrogen-bond acceptors (Lipinski definition) is 3. The molecule has 2 amide bonds. The highest BCUT2D eigenvalue weighted by Gasteiger charge is 2.17. The highest BCUT2D eigenvalue weighted by atomic mass is 35.5. The van der Waals surface area contributed by atoms with Crippen LogP contribution in [0.1, 0.15) is 28.4 Å². The van der Waals surface area contributed by atoms with Gasteiger partial charge in [-0.2, -0.15) is 0 Å². The quantitative estimate of drug-likeness (QED) is 0.837. The van der Waals surface area contributed by atoms with Crippen molar-refractivity contribution in [2.45, 2.75) is 20.8 Å². The Morgan fingerprint density at radius 3 is 2.46 bits per heavy atom. The minimum atomic E-state index is -0.172. The van der Waals surface area contributed by atoms with E-state index in [9.17, 15) is 9.59 Å². The Hall–Kier alpha value is -2.53. The number of methoxy groups -OCH3 is 1. The zero-order chi connectivity index (χ0) is 19.3. The second kappa shape index (κ2) is 8.72. The molecule has 0 unspecified atom stereocenters. The number of ether oxygens (including phenoxy) is 1. The molecule has 0 aliphatic heterocycles. The summed E-state index contributed by atoms with van der Waals surface area (Å²) in [5, 5.41) is 3.35. The molecule has 0 saturated carbocycles. The predicted octanol–water partition coefficient (Wildman–Crippen LogP) is 3.75. The zero-order valence-electron chi connectivity index (χ0n) is 15.4. The zero-order valence-corrected chi connectivity index (χ0v) is 16.2. The molecule has 0 saturated heterocycles. The minimum Gasteiger partial charge on any atom is -0.495 e. The topological polar surface area (TPSA) is 58.6 Å². The van der Waals surface area contributed by atoms with Gasteiger partial charge in [-0.3, -0.25) is 9.59 Å². The molecule has 0 heterocycles. The van der Waals surface area contributed by atoms with Gasteiger partial charge in [0.2, 0.25) is 5.91 Å². The molecule has 0 radical (unpaired) electrons. The minimum absolute atomic E-state index is 0.161. The van der Waals surface area contributed by atoms with Crippen molar-refractivity contribution in [3.8, 4) is 5.75 Å². The number of benzene rings is 2. The molecular formula is C20H23ClN2O3. The van der Waals surface area contributed by atoms with E-state index in [0.29, 0.717) is 35.1 Å². The lowest BCUT2D eigenvalue weighted by Gasteiger charge is -2.23. The van der Waals surface area contributed by atoms with Crippen LogP contribution in [0.5, 0.6) is 5.75 Å². The largest absolute Gasteiger partial charge is 0.495 e. The van der Waals surface area contributed by atoms with Crippen LogP contribution in [-0.4, -0.2) is 32.0 Å². The Balaban J connectivity index is 2.07. The summed E-state index contributed by atoms with van der Waals surface area (Å²) in [6, 6.07) is 10.6. The molecule has 0 fully saturated rings. The molecule has 0 aromatic heterocycles. The van der Waals surface area contributed by atoms with Gasteiger partial charge in [-0.05, 0) is 55.3 Å². The summed E-state index contributed by atoms with van der Waals surface area (Å²) >= 11 is 6.05. The fourth-order valence-electron chi connectivity index (χ4n) is 2.59. The summed E-state index contributed by atoms with van der Waals surface area (Å²) in [6.45, 7) is 6.05.